The molecule has 0 saturated heterocycles. The van der Waals surface area contributed by atoms with Gasteiger partial charge in [0.15, 0.2) is 0 Å². The van der Waals surface area contributed by atoms with Gasteiger partial charge in [0, 0.05) is 12.5 Å². The molecule has 0 spiro atoms. The second-order valence-corrected chi connectivity index (χ2v) is 7.04. The van der Waals surface area contributed by atoms with Crippen molar-refractivity contribution in [3.63, 3.8) is 0 Å². The van der Waals surface area contributed by atoms with E-state index in [4.69, 9.17) is 5.11 Å². The highest BCUT2D eigenvalue weighted by molar-refractivity contribution is 7.98. The number of carbonyl (C=O) groups excluding carboxylic acids is 1. The lowest BCUT2D eigenvalue weighted by Gasteiger charge is -2.35. The summed E-state index contributed by atoms with van der Waals surface area (Å²) in [5.74, 6) is 0.263. The van der Waals surface area contributed by atoms with Crippen LogP contribution in [0.4, 0.5) is 0 Å². The summed E-state index contributed by atoms with van der Waals surface area (Å²) in [5.41, 5.74) is -0.312. The van der Waals surface area contributed by atoms with Crippen molar-refractivity contribution in [1.29, 1.82) is 0 Å². The van der Waals surface area contributed by atoms with Gasteiger partial charge in [-0.25, -0.2) is 0 Å². The Morgan fingerprint density at radius 2 is 1.90 bits per heavy atom. The van der Waals surface area contributed by atoms with E-state index in [2.05, 4.69) is 11.6 Å². The van der Waals surface area contributed by atoms with Crippen molar-refractivity contribution in [2.24, 2.45) is 5.41 Å². The first-order valence-corrected chi connectivity index (χ1v) is 8.87. The van der Waals surface area contributed by atoms with E-state index >= 15 is 0 Å². The van der Waals surface area contributed by atoms with E-state index in [0.717, 1.165) is 44.3 Å². The first kappa shape index (κ1) is 17.3. The molecule has 1 unspecified atom stereocenters. The summed E-state index contributed by atoms with van der Waals surface area (Å²) in [6.45, 7) is 2.01. The minimum absolute atomic E-state index is 0.0155. The number of carboxylic acids is 1. The molecule has 0 aromatic carbocycles. The van der Waals surface area contributed by atoms with Crippen LogP contribution in [0, 0.1) is 5.41 Å². The van der Waals surface area contributed by atoms with Crippen LogP contribution < -0.4 is 5.32 Å². The Morgan fingerprint density at radius 1 is 1.25 bits per heavy atom. The molecule has 1 saturated carbocycles. The van der Waals surface area contributed by atoms with Crippen molar-refractivity contribution in [2.45, 2.75) is 64.3 Å². The molecule has 1 rings (SSSR count). The predicted molar refractivity (Wildman–Crippen MR) is 83.0 cm³/mol. The summed E-state index contributed by atoms with van der Waals surface area (Å²) in [5, 5.41) is 12.1. The summed E-state index contributed by atoms with van der Waals surface area (Å²) >= 11 is 1.77. The molecular weight excluding hydrogens is 274 g/mol. The van der Waals surface area contributed by atoms with E-state index in [1.54, 1.807) is 11.8 Å². The van der Waals surface area contributed by atoms with Crippen molar-refractivity contribution in [1.82, 2.24) is 5.32 Å². The maximum atomic E-state index is 12.2. The van der Waals surface area contributed by atoms with E-state index in [1.807, 2.05) is 6.92 Å². The fraction of sp³-hybridized carbons (Fsp3) is 0.867. The van der Waals surface area contributed by atoms with Crippen LogP contribution in [0.5, 0.6) is 0 Å². The van der Waals surface area contributed by atoms with Crippen LogP contribution in [0.25, 0.3) is 0 Å². The Bertz CT molecular complexity index is 327. The van der Waals surface area contributed by atoms with Crippen molar-refractivity contribution >= 4 is 23.6 Å². The van der Waals surface area contributed by atoms with E-state index in [-0.39, 0.29) is 23.8 Å². The zero-order valence-electron chi connectivity index (χ0n) is 12.6. The average Bonchev–Trinajstić information content (AvgIpc) is 2.35. The standard InChI is InChI=1S/C15H27NO3S/c1-12(6-9-20-2)16-13(17)10-15(11-14(18)19)7-4-3-5-8-15/h12H,3-11H2,1-2H3,(H,16,17)(H,18,19). The van der Waals surface area contributed by atoms with Crippen LogP contribution in [-0.2, 0) is 9.59 Å². The first-order valence-electron chi connectivity index (χ1n) is 7.47. The fourth-order valence-electron chi connectivity index (χ4n) is 3.07. The van der Waals surface area contributed by atoms with Crippen LogP contribution >= 0.6 is 11.8 Å². The molecule has 0 bridgehead atoms. The Kier molecular flexibility index (Phi) is 7.41. The van der Waals surface area contributed by atoms with Crippen LogP contribution in [0.2, 0.25) is 0 Å². The molecule has 1 atom stereocenters. The normalized spacial score (nSPS) is 19.3. The van der Waals surface area contributed by atoms with Crippen LogP contribution in [-0.4, -0.2) is 35.0 Å². The van der Waals surface area contributed by atoms with E-state index in [1.165, 1.54) is 0 Å². The van der Waals surface area contributed by atoms with Gasteiger partial charge in [-0.15, -0.1) is 0 Å². The molecule has 1 aliphatic rings. The van der Waals surface area contributed by atoms with Gasteiger partial charge in [-0.05, 0) is 43.6 Å². The highest BCUT2D eigenvalue weighted by Gasteiger charge is 2.36. The van der Waals surface area contributed by atoms with Gasteiger partial charge in [-0.1, -0.05) is 19.3 Å². The minimum Gasteiger partial charge on any atom is -0.481 e. The third kappa shape index (κ3) is 6.16. The third-order valence-corrected chi connectivity index (χ3v) is 4.78. The van der Waals surface area contributed by atoms with Crippen molar-refractivity contribution in [3.8, 4) is 0 Å². The maximum Gasteiger partial charge on any atom is 0.303 e. The van der Waals surface area contributed by atoms with Crippen LogP contribution in [0.1, 0.15) is 58.3 Å². The topological polar surface area (TPSA) is 66.4 Å². The molecule has 4 nitrogen and oxygen atoms in total. The average molecular weight is 301 g/mol. The molecule has 1 fully saturated rings. The van der Waals surface area contributed by atoms with Gasteiger partial charge in [-0.3, -0.25) is 9.59 Å². The zero-order chi connectivity index (χ0) is 15.0. The quantitative estimate of drug-likeness (QED) is 0.723. The SMILES string of the molecule is CSCCC(C)NC(=O)CC1(CC(=O)O)CCCCC1. The monoisotopic (exact) mass is 301 g/mol. The Hall–Kier alpha value is -0.710. The number of hydrogen-bond acceptors (Lipinski definition) is 3. The molecule has 0 aromatic rings. The van der Waals surface area contributed by atoms with Gasteiger partial charge in [0.25, 0.3) is 0 Å². The van der Waals surface area contributed by atoms with Crippen molar-refractivity contribution in [3.05, 3.63) is 0 Å². The van der Waals surface area contributed by atoms with E-state index in [9.17, 15) is 9.59 Å². The Balaban J connectivity index is 2.51. The molecule has 1 amide bonds. The minimum atomic E-state index is -0.782. The fourth-order valence-corrected chi connectivity index (χ4v) is 3.66. The lowest BCUT2D eigenvalue weighted by molar-refractivity contribution is -0.141. The van der Waals surface area contributed by atoms with E-state index < -0.39 is 5.97 Å². The van der Waals surface area contributed by atoms with Crippen LogP contribution in [0.15, 0.2) is 0 Å². The highest BCUT2D eigenvalue weighted by atomic mass is 32.2. The molecule has 5 heteroatoms. The summed E-state index contributed by atoms with van der Waals surface area (Å²) in [7, 11) is 0. The van der Waals surface area contributed by atoms with Gasteiger partial charge in [-0.2, -0.15) is 11.8 Å². The number of rotatable bonds is 8. The molecule has 0 radical (unpaired) electrons. The second-order valence-electron chi connectivity index (χ2n) is 6.06. The molecule has 20 heavy (non-hydrogen) atoms. The van der Waals surface area contributed by atoms with E-state index in [0.29, 0.717) is 6.42 Å². The number of nitrogens with one attached hydrogen (secondary N) is 1. The molecule has 116 valence electrons. The van der Waals surface area contributed by atoms with Crippen molar-refractivity contribution < 1.29 is 14.7 Å². The van der Waals surface area contributed by atoms with Gasteiger partial charge >= 0.3 is 5.97 Å². The third-order valence-electron chi connectivity index (χ3n) is 4.14. The number of carbonyl (C=O) groups is 2. The summed E-state index contributed by atoms with van der Waals surface area (Å²) in [4.78, 5) is 23.2. The second kappa shape index (κ2) is 8.55. The summed E-state index contributed by atoms with van der Waals surface area (Å²) in [6.07, 6.45) is 8.48. The van der Waals surface area contributed by atoms with Gasteiger partial charge in [0.2, 0.25) is 5.91 Å². The number of aliphatic carboxylic acids is 1. The number of hydrogen-bond donors (Lipinski definition) is 2. The molecule has 0 aromatic heterocycles. The Morgan fingerprint density at radius 3 is 2.45 bits per heavy atom. The Labute approximate surface area is 126 Å². The largest absolute Gasteiger partial charge is 0.481 e. The van der Waals surface area contributed by atoms with Gasteiger partial charge < -0.3 is 10.4 Å². The molecule has 0 heterocycles. The molecule has 2 N–H and O–H groups in total. The number of amides is 1. The van der Waals surface area contributed by atoms with Crippen LogP contribution in [0.3, 0.4) is 0 Å². The predicted octanol–water partition coefficient (Wildman–Crippen LogP) is 3.06. The molecule has 1 aliphatic carbocycles. The maximum absolute atomic E-state index is 12.2. The highest BCUT2D eigenvalue weighted by Crippen LogP contribution is 2.42. The number of thioether (sulfide) groups is 1. The zero-order valence-corrected chi connectivity index (χ0v) is 13.4. The van der Waals surface area contributed by atoms with Gasteiger partial charge in [0.1, 0.15) is 0 Å². The summed E-state index contributed by atoms with van der Waals surface area (Å²) < 4.78 is 0. The lowest BCUT2D eigenvalue weighted by Crippen LogP contribution is -2.39. The molecular formula is C15H27NO3S. The van der Waals surface area contributed by atoms with Gasteiger partial charge in [0.05, 0.1) is 6.42 Å². The van der Waals surface area contributed by atoms with Crippen molar-refractivity contribution in [2.75, 3.05) is 12.0 Å². The number of carboxylic acid groups (broad SMARTS) is 1. The first-order chi connectivity index (χ1) is 9.47. The molecule has 0 aliphatic heterocycles. The summed E-state index contributed by atoms with van der Waals surface area (Å²) in [6, 6.07) is 0.167. The smallest absolute Gasteiger partial charge is 0.303 e. The lowest BCUT2D eigenvalue weighted by atomic mass is 9.69.